The summed E-state index contributed by atoms with van der Waals surface area (Å²) in [5, 5.41) is 3.10. The molecular weight excluding hydrogens is 441 g/mol. The fraction of sp³-hybridized carbons (Fsp3) is 0.160. The Labute approximate surface area is 194 Å². The van der Waals surface area contributed by atoms with Gasteiger partial charge in [-0.05, 0) is 67.5 Å². The van der Waals surface area contributed by atoms with Gasteiger partial charge < -0.3 is 15.0 Å². The molecule has 4 aromatic rings. The number of H-pyrrole nitrogens is 1. The Morgan fingerprint density at radius 1 is 1.09 bits per heavy atom. The van der Waals surface area contributed by atoms with Crippen LogP contribution in [0, 0.1) is 24.4 Å². The number of amides is 1. The highest BCUT2D eigenvalue weighted by molar-refractivity contribution is 7.71. The standard InChI is InChI=1S/C25H22FN3O3S/c1-15-6-5-7-16(2)22(15)32-13-12-27-23(30)17-10-11-18-20(14-17)28-25(33)29(24(18)31)21-9-4-3-8-19(21)26/h3-11,14H,12-13H2,1-2H3,(H,27,30)(H,28,33). The van der Waals surface area contributed by atoms with Crippen molar-refractivity contribution in [2.45, 2.75) is 13.8 Å². The second-order valence-electron chi connectivity index (χ2n) is 7.61. The summed E-state index contributed by atoms with van der Waals surface area (Å²) in [5.74, 6) is -0.0478. The van der Waals surface area contributed by atoms with E-state index in [0.717, 1.165) is 21.4 Å². The largest absolute Gasteiger partial charge is 0.491 e. The van der Waals surface area contributed by atoms with Gasteiger partial charge in [0.05, 0.1) is 23.1 Å². The number of nitrogens with one attached hydrogen (secondary N) is 2. The molecule has 6 nitrogen and oxygen atoms in total. The molecule has 0 aliphatic rings. The minimum atomic E-state index is -0.558. The van der Waals surface area contributed by atoms with Crippen LogP contribution in [0.15, 0.2) is 65.5 Å². The van der Waals surface area contributed by atoms with Crippen molar-refractivity contribution in [1.82, 2.24) is 14.9 Å². The number of benzene rings is 3. The lowest BCUT2D eigenvalue weighted by Gasteiger charge is -2.13. The summed E-state index contributed by atoms with van der Waals surface area (Å²) in [7, 11) is 0. The summed E-state index contributed by atoms with van der Waals surface area (Å²) >= 11 is 5.29. The van der Waals surface area contributed by atoms with Crippen LogP contribution in [0.1, 0.15) is 21.5 Å². The van der Waals surface area contributed by atoms with E-state index in [1.54, 1.807) is 18.2 Å². The maximum Gasteiger partial charge on any atom is 0.266 e. The lowest BCUT2D eigenvalue weighted by Crippen LogP contribution is -2.28. The number of carbonyl (C=O) groups is 1. The Morgan fingerprint density at radius 2 is 1.82 bits per heavy atom. The summed E-state index contributed by atoms with van der Waals surface area (Å²) in [6, 6.07) is 16.5. The molecule has 2 N–H and O–H groups in total. The SMILES string of the molecule is Cc1cccc(C)c1OCCNC(=O)c1ccc2c(=O)n(-c3ccccc3F)c(=S)[nH]c2c1. The van der Waals surface area contributed by atoms with E-state index in [0.29, 0.717) is 29.6 Å². The van der Waals surface area contributed by atoms with E-state index < -0.39 is 11.4 Å². The Morgan fingerprint density at radius 3 is 2.55 bits per heavy atom. The van der Waals surface area contributed by atoms with Crippen LogP contribution in [-0.2, 0) is 0 Å². The van der Waals surface area contributed by atoms with E-state index in [1.807, 2.05) is 32.0 Å². The second kappa shape index (κ2) is 9.38. The van der Waals surface area contributed by atoms with Gasteiger partial charge in [-0.25, -0.2) is 8.96 Å². The highest BCUT2D eigenvalue weighted by Gasteiger charge is 2.13. The highest BCUT2D eigenvalue weighted by atomic mass is 32.1. The Balaban J connectivity index is 1.52. The normalized spacial score (nSPS) is 10.9. The minimum Gasteiger partial charge on any atom is -0.491 e. The quantitative estimate of drug-likeness (QED) is 0.323. The molecule has 0 bridgehead atoms. The molecule has 0 aliphatic heterocycles. The molecule has 1 aromatic heterocycles. The molecule has 168 valence electrons. The lowest BCUT2D eigenvalue weighted by atomic mass is 10.1. The van der Waals surface area contributed by atoms with Gasteiger partial charge in [0.2, 0.25) is 0 Å². The summed E-state index contributed by atoms with van der Waals surface area (Å²) in [6.07, 6.45) is 0. The van der Waals surface area contributed by atoms with Crippen molar-refractivity contribution in [1.29, 1.82) is 0 Å². The van der Waals surface area contributed by atoms with Crippen molar-refractivity contribution in [3.05, 3.63) is 98.3 Å². The molecule has 8 heteroatoms. The lowest BCUT2D eigenvalue weighted by molar-refractivity contribution is 0.0947. The molecule has 0 unspecified atom stereocenters. The number of nitrogens with zero attached hydrogens (tertiary/aromatic N) is 1. The number of para-hydroxylation sites is 2. The summed E-state index contributed by atoms with van der Waals surface area (Å²) < 4.78 is 21.2. The number of aromatic nitrogens is 2. The Bertz CT molecular complexity index is 1460. The smallest absolute Gasteiger partial charge is 0.266 e. The fourth-order valence-electron chi connectivity index (χ4n) is 3.66. The molecule has 0 saturated heterocycles. The third kappa shape index (κ3) is 4.56. The van der Waals surface area contributed by atoms with Gasteiger partial charge in [-0.1, -0.05) is 30.3 Å². The van der Waals surface area contributed by atoms with Crippen molar-refractivity contribution < 1.29 is 13.9 Å². The molecule has 1 amide bonds. The molecule has 33 heavy (non-hydrogen) atoms. The molecular formula is C25H22FN3O3S. The van der Waals surface area contributed by atoms with Crippen LogP contribution in [0.25, 0.3) is 16.6 Å². The van der Waals surface area contributed by atoms with Crippen LogP contribution in [-0.4, -0.2) is 28.6 Å². The first-order valence-corrected chi connectivity index (χ1v) is 10.8. The molecule has 0 spiro atoms. The molecule has 0 atom stereocenters. The van der Waals surface area contributed by atoms with Crippen molar-refractivity contribution in [2.24, 2.45) is 0 Å². The van der Waals surface area contributed by atoms with Gasteiger partial charge in [0.25, 0.3) is 11.5 Å². The van der Waals surface area contributed by atoms with Gasteiger partial charge in [-0.3, -0.25) is 9.59 Å². The minimum absolute atomic E-state index is 0.0390. The van der Waals surface area contributed by atoms with Gasteiger partial charge >= 0.3 is 0 Å². The van der Waals surface area contributed by atoms with Crippen molar-refractivity contribution in [2.75, 3.05) is 13.2 Å². The zero-order chi connectivity index (χ0) is 23.5. The van der Waals surface area contributed by atoms with Crippen molar-refractivity contribution >= 4 is 29.0 Å². The van der Waals surface area contributed by atoms with Gasteiger partial charge in [0.15, 0.2) is 4.77 Å². The summed E-state index contributed by atoms with van der Waals surface area (Å²) in [6.45, 7) is 4.58. The summed E-state index contributed by atoms with van der Waals surface area (Å²) in [4.78, 5) is 28.5. The second-order valence-corrected chi connectivity index (χ2v) is 7.99. The highest BCUT2D eigenvalue weighted by Crippen LogP contribution is 2.22. The molecule has 0 fully saturated rings. The van der Waals surface area contributed by atoms with Gasteiger partial charge in [0, 0.05) is 5.56 Å². The van der Waals surface area contributed by atoms with E-state index in [9.17, 15) is 14.0 Å². The third-order valence-corrected chi connectivity index (χ3v) is 5.58. The topological polar surface area (TPSA) is 76.1 Å². The number of halogens is 1. The fourth-order valence-corrected chi connectivity index (χ4v) is 3.95. The van der Waals surface area contributed by atoms with E-state index in [2.05, 4.69) is 10.3 Å². The van der Waals surface area contributed by atoms with Crippen LogP contribution in [0.3, 0.4) is 0 Å². The molecule has 0 radical (unpaired) electrons. The van der Waals surface area contributed by atoms with Crippen LogP contribution in [0.5, 0.6) is 5.75 Å². The average Bonchev–Trinajstić information content (AvgIpc) is 2.79. The molecule has 0 aliphatic carbocycles. The molecule has 4 rings (SSSR count). The van der Waals surface area contributed by atoms with E-state index in [1.165, 1.54) is 24.3 Å². The van der Waals surface area contributed by atoms with Crippen LogP contribution < -0.4 is 15.6 Å². The van der Waals surface area contributed by atoms with Gasteiger partial charge in [-0.15, -0.1) is 0 Å². The van der Waals surface area contributed by atoms with E-state index in [-0.39, 0.29) is 16.4 Å². The molecule has 0 saturated carbocycles. The predicted molar refractivity (Wildman–Crippen MR) is 128 cm³/mol. The first-order valence-electron chi connectivity index (χ1n) is 10.4. The number of aryl methyl sites for hydroxylation is 2. The maximum absolute atomic E-state index is 14.2. The monoisotopic (exact) mass is 463 g/mol. The Hall–Kier alpha value is -3.78. The predicted octanol–water partition coefficient (Wildman–Crippen LogP) is 4.61. The summed E-state index contributed by atoms with van der Waals surface area (Å²) in [5.41, 5.74) is 2.43. The van der Waals surface area contributed by atoms with Gasteiger partial charge in [0.1, 0.15) is 18.2 Å². The van der Waals surface area contributed by atoms with Crippen molar-refractivity contribution in [3.8, 4) is 11.4 Å². The zero-order valence-electron chi connectivity index (χ0n) is 18.1. The number of aromatic amines is 1. The number of hydrogen-bond acceptors (Lipinski definition) is 4. The van der Waals surface area contributed by atoms with Crippen molar-refractivity contribution in [3.63, 3.8) is 0 Å². The third-order valence-electron chi connectivity index (χ3n) is 5.30. The van der Waals surface area contributed by atoms with Crippen LogP contribution in [0.4, 0.5) is 4.39 Å². The molecule has 3 aromatic carbocycles. The first-order chi connectivity index (χ1) is 15.9. The number of ether oxygens (including phenoxy) is 1. The zero-order valence-corrected chi connectivity index (χ0v) is 19.0. The maximum atomic E-state index is 14.2. The van der Waals surface area contributed by atoms with E-state index >= 15 is 0 Å². The number of fused-ring (bicyclic) bond motifs is 1. The Kier molecular flexibility index (Phi) is 6.37. The van der Waals surface area contributed by atoms with Crippen LogP contribution in [0.2, 0.25) is 0 Å². The first kappa shape index (κ1) is 22.4. The number of rotatable bonds is 6. The molecule has 1 heterocycles. The van der Waals surface area contributed by atoms with E-state index in [4.69, 9.17) is 17.0 Å². The van der Waals surface area contributed by atoms with Crippen LogP contribution >= 0.6 is 12.2 Å². The average molecular weight is 464 g/mol. The van der Waals surface area contributed by atoms with Gasteiger partial charge in [-0.2, -0.15) is 0 Å². The number of carbonyl (C=O) groups excluding carboxylic acids is 1. The number of hydrogen-bond donors (Lipinski definition) is 2.